The van der Waals surface area contributed by atoms with Crippen molar-refractivity contribution in [1.29, 1.82) is 0 Å². The molecule has 0 atom stereocenters. The maximum Gasteiger partial charge on any atom is 0.174 e. The monoisotopic (exact) mass is 276 g/mol. The van der Waals surface area contributed by atoms with Crippen LogP contribution in [0.15, 0.2) is 15.0 Å². The van der Waals surface area contributed by atoms with Crippen LogP contribution in [0, 0.1) is 0 Å². The van der Waals surface area contributed by atoms with E-state index in [-0.39, 0.29) is 0 Å². The van der Waals surface area contributed by atoms with E-state index in [0.717, 1.165) is 26.9 Å². The summed E-state index contributed by atoms with van der Waals surface area (Å²) >= 11 is 6.94. The van der Waals surface area contributed by atoms with Gasteiger partial charge in [0, 0.05) is 20.6 Å². The number of fused-ring (bicyclic) bond motifs is 1. The van der Waals surface area contributed by atoms with E-state index in [4.69, 9.17) is 4.74 Å². The zero-order valence-electron chi connectivity index (χ0n) is 5.95. The fourth-order valence-corrected chi connectivity index (χ4v) is 2.15. The highest BCUT2D eigenvalue weighted by Gasteiger charge is 2.27. The highest BCUT2D eigenvalue weighted by molar-refractivity contribution is 9.13. The number of rotatable bonds is 1. The molecule has 0 spiro atoms. The highest BCUT2D eigenvalue weighted by Crippen LogP contribution is 2.53. The Morgan fingerprint density at radius 2 is 2.18 bits per heavy atom. The summed E-state index contributed by atoms with van der Waals surface area (Å²) in [6.45, 7) is 2.12. The van der Waals surface area contributed by atoms with Crippen LogP contribution in [0.4, 0.5) is 0 Å². The van der Waals surface area contributed by atoms with Crippen LogP contribution < -0.4 is 4.74 Å². The van der Waals surface area contributed by atoms with Crippen molar-refractivity contribution in [3.63, 3.8) is 0 Å². The van der Waals surface area contributed by atoms with Gasteiger partial charge in [0.05, 0.1) is 0 Å². The number of benzene rings is 1. The second-order valence-electron chi connectivity index (χ2n) is 2.43. The second kappa shape index (κ2) is 2.49. The Kier molecular flexibility index (Phi) is 1.72. The fourth-order valence-electron chi connectivity index (χ4n) is 1.13. The van der Waals surface area contributed by atoms with Gasteiger partial charge in [0.1, 0.15) is 0 Å². The van der Waals surface area contributed by atoms with E-state index in [2.05, 4.69) is 38.8 Å². The Labute approximate surface area is 82.0 Å². The lowest BCUT2D eigenvalue weighted by molar-refractivity contribution is 0.644. The average molecular weight is 278 g/mol. The molecule has 0 saturated carbocycles. The molecule has 0 unspecified atom stereocenters. The molecule has 0 saturated heterocycles. The van der Waals surface area contributed by atoms with Crippen molar-refractivity contribution in [3.8, 4) is 11.5 Å². The van der Waals surface area contributed by atoms with Gasteiger partial charge in [-0.05, 0) is 38.3 Å². The Balaban J connectivity index is 2.63. The summed E-state index contributed by atoms with van der Waals surface area (Å²) in [7, 11) is 0. The minimum Gasteiger partial charge on any atom is -0.449 e. The van der Waals surface area contributed by atoms with Crippen LogP contribution in [0.2, 0.25) is 0 Å². The Hall–Kier alpha value is -0.0200. The van der Waals surface area contributed by atoms with Crippen molar-refractivity contribution < 1.29 is 4.74 Å². The van der Waals surface area contributed by atoms with Gasteiger partial charge in [-0.3, -0.25) is 0 Å². The van der Waals surface area contributed by atoms with Gasteiger partial charge in [-0.15, -0.1) is 0 Å². The standard InChI is InChI=1S/C8H6Br2O/c1-2-4-7(10)5(9)3-6-8(4)11-6/h3H,2H2,1H3. The van der Waals surface area contributed by atoms with Crippen LogP contribution in [-0.2, 0) is 6.42 Å². The molecular weight excluding hydrogens is 272 g/mol. The van der Waals surface area contributed by atoms with E-state index >= 15 is 0 Å². The number of halogens is 2. The normalized spacial score (nSPS) is 12.3. The quantitative estimate of drug-likeness (QED) is 0.721. The molecular formula is C8H6Br2O. The van der Waals surface area contributed by atoms with Crippen LogP contribution in [0.25, 0.3) is 0 Å². The molecule has 1 aliphatic heterocycles. The van der Waals surface area contributed by atoms with Crippen molar-refractivity contribution in [2.24, 2.45) is 0 Å². The van der Waals surface area contributed by atoms with E-state index in [1.807, 2.05) is 6.07 Å². The third-order valence-electron chi connectivity index (χ3n) is 1.75. The largest absolute Gasteiger partial charge is 0.449 e. The maximum atomic E-state index is 5.26. The van der Waals surface area contributed by atoms with Gasteiger partial charge in [0.15, 0.2) is 11.5 Å². The van der Waals surface area contributed by atoms with Gasteiger partial charge in [0.2, 0.25) is 0 Å². The lowest BCUT2D eigenvalue weighted by Crippen LogP contribution is -1.78. The Bertz CT molecular complexity index is 320. The van der Waals surface area contributed by atoms with Crippen molar-refractivity contribution in [3.05, 3.63) is 20.6 Å². The van der Waals surface area contributed by atoms with E-state index in [0.29, 0.717) is 0 Å². The Morgan fingerprint density at radius 3 is 2.82 bits per heavy atom. The van der Waals surface area contributed by atoms with Crippen LogP contribution in [-0.4, -0.2) is 0 Å². The van der Waals surface area contributed by atoms with Gasteiger partial charge < -0.3 is 4.74 Å². The summed E-state index contributed by atoms with van der Waals surface area (Å²) in [5.74, 6) is 2.07. The summed E-state index contributed by atoms with van der Waals surface area (Å²) < 4.78 is 7.46. The first-order chi connectivity index (χ1) is 5.24. The van der Waals surface area contributed by atoms with Gasteiger partial charge in [-0.1, -0.05) is 6.92 Å². The molecule has 0 N–H and O–H groups in total. The van der Waals surface area contributed by atoms with E-state index in [1.54, 1.807) is 0 Å². The third kappa shape index (κ3) is 1.11. The van der Waals surface area contributed by atoms with Crippen molar-refractivity contribution in [2.45, 2.75) is 13.3 Å². The van der Waals surface area contributed by atoms with E-state index in [9.17, 15) is 0 Å². The van der Waals surface area contributed by atoms with Crippen LogP contribution in [0.1, 0.15) is 12.5 Å². The molecule has 0 radical (unpaired) electrons. The molecule has 0 fully saturated rings. The van der Waals surface area contributed by atoms with Crippen molar-refractivity contribution in [2.75, 3.05) is 0 Å². The van der Waals surface area contributed by atoms with Crippen LogP contribution in [0.3, 0.4) is 0 Å². The molecule has 1 aromatic carbocycles. The second-order valence-corrected chi connectivity index (χ2v) is 4.08. The highest BCUT2D eigenvalue weighted by atomic mass is 79.9. The van der Waals surface area contributed by atoms with Gasteiger partial charge in [-0.25, -0.2) is 0 Å². The molecule has 1 aromatic rings. The summed E-state index contributed by atoms with van der Waals surface area (Å²) in [4.78, 5) is 0. The first kappa shape index (κ1) is 7.62. The van der Waals surface area contributed by atoms with Crippen LogP contribution in [0.5, 0.6) is 11.5 Å². The zero-order valence-corrected chi connectivity index (χ0v) is 9.12. The summed E-state index contributed by atoms with van der Waals surface area (Å²) in [5, 5.41) is 0. The predicted molar refractivity (Wildman–Crippen MR) is 51.3 cm³/mol. The first-order valence-electron chi connectivity index (χ1n) is 3.42. The first-order valence-corrected chi connectivity index (χ1v) is 5.01. The van der Waals surface area contributed by atoms with E-state index in [1.165, 1.54) is 5.56 Å². The van der Waals surface area contributed by atoms with Gasteiger partial charge >= 0.3 is 0 Å². The summed E-state index contributed by atoms with van der Waals surface area (Å²) in [6, 6.07) is 1.98. The molecule has 3 heteroatoms. The molecule has 1 heterocycles. The lowest BCUT2D eigenvalue weighted by atomic mass is 10.2. The van der Waals surface area contributed by atoms with E-state index < -0.39 is 0 Å². The summed E-state index contributed by atoms with van der Waals surface area (Å²) in [5.41, 5.74) is 1.26. The van der Waals surface area contributed by atoms with Crippen molar-refractivity contribution in [1.82, 2.24) is 0 Å². The minimum absolute atomic E-state index is 1.00. The molecule has 11 heavy (non-hydrogen) atoms. The SMILES string of the molecule is CCc1c(Br)c(Br)cc2c1O2. The Morgan fingerprint density at radius 1 is 1.45 bits per heavy atom. The molecule has 0 aromatic heterocycles. The van der Waals surface area contributed by atoms with Crippen LogP contribution >= 0.6 is 31.9 Å². The third-order valence-corrected chi connectivity index (χ3v) is 3.82. The molecule has 0 amide bonds. The zero-order chi connectivity index (χ0) is 8.01. The fraction of sp³-hybridized carbons (Fsp3) is 0.250. The van der Waals surface area contributed by atoms with Gasteiger partial charge in [0.25, 0.3) is 0 Å². The number of hydrogen-bond acceptors (Lipinski definition) is 1. The van der Waals surface area contributed by atoms with Crippen molar-refractivity contribution >= 4 is 31.9 Å². The minimum atomic E-state index is 1.00. The molecule has 1 aliphatic rings. The molecule has 58 valence electrons. The average Bonchev–Trinajstić information content (AvgIpc) is 2.69. The predicted octanol–water partition coefficient (Wildman–Crippen LogP) is 3.88. The summed E-state index contributed by atoms with van der Waals surface area (Å²) in [6.07, 6.45) is 1.00. The smallest absolute Gasteiger partial charge is 0.174 e. The van der Waals surface area contributed by atoms with Gasteiger partial charge in [-0.2, -0.15) is 0 Å². The lowest BCUT2D eigenvalue weighted by Gasteiger charge is -1.97. The topological polar surface area (TPSA) is 12.5 Å². The maximum absolute atomic E-state index is 5.26. The molecule has 0 aliphatic carbocycles. The molecule has 2 rings (SSSR count). The molecule has 1 nitrogen and oxygen atoms in total. The number of hydrogen-bond donors (Lipinski definition) is 0. The number of ether oxygens (including phenoxy) is 1. The molecule has 0 bridgehead atoms.